The Balaban J connectivity index is 1.43. The van der Waals surface area contributed by atoms with E-state index in [1.54, 1.807) is 21.9 Å². The lowest BCUT2D eigenvalue weighted by molar-refractivity contribution is -0.143. The second kappa shape index (κ2) is 12.0. The third-order valence-electron chi connectivity index (χ3n) is 9.06. The summed E-state index contributed by atoms with van der Waals surface area (Å²) in [5, 5.41) is 0. The van der Waals surface area contributed by atoms with Gasteiger partial charge in [0.2, 0.25) is 11.8 Å². The number of alkyl halides is 6. The van der Waals surface area contributed by atoms with E-state index in [9.17, 15) is 40.3 Å². The van der Waals surface area contributed by atoms with Crippen LogP contribution in [0.5, 0.6) is 0 Å². The maximum absolute atomic E-state index is 13.8. The minimum Gasteiger partial charge on any atom is -0.364 e. The first-order valence-corrected chi connectivity index (χ1v) is 14.8. The highest BCUT2D eigenvalue weighted by molar-refractivity contribution is 7.16. The van der Waals surface area contributed by atoms with Crippen LogP contribution in [0.25, 0.3) is 0 Å². The van der Waals surface area contributed by atoms with Crippen molar-refractivity contribution in [3.63, 3.8) is 0 Å². The van der Waals surface area contributed by atoms with Gasteiger partial charge in [0.1, 0.15) is 5.82 Å². The molecule has 2 aromatic carbocycles. The van der Waals surface area contributed by atoms with Crippen molar-refractivity contribution in [2.75, 3.05) is 19.6 Å². The molecule has 0 radical (unpaired) electrons. The fourth-order valence-electron chi connectivity index (χ4n) is 6.88. The van der Waals surface area contributed by atoms with E-state index in [1.807, 2.05) is 0 Å². The van der Waals surface area contributed by atoms with Gasteiger partial charge in [-0.2, -0.15) is 26.3 Å². The van der Waals surface area contributed by atoms with Gasteiger partial charge in [0.15, 0.2) is 0 Å². The molecule has 234 valence electrons. The molecule has 5 rings (SSSR count). The number of carbonyl (C=O) groups excluding carboxylic acids is 2. The van der Waals surface area contributed by atoms with Crippen LogP contribution >= 0.6 is 9.24 Å². The summed E-state index contributed by atoms with van der Waals surface area (Å²) in [6.45, 7) is 2.84. The third kappa shape index (κ3) is 6.85. The summed E-state index contributed by atoms with van der Waals surface area (Å²) in [7, 11) is 2.18. The molecular weight excluding hydrogens is 600 g/mol. The molecule has 0 bridgehead atoms. The number of likely N-dealkylation sites (tertiary alicyclic amines) is 1. The molecule has 3 aliphatic rings. The number of hydrogen-bond donors (Lipinski definition) is 0. The average molecular weight is 633 g/mol. The molecule has 0 N–H and O–H groups in total. The van der Waals surface area contributed by atoms with Crippen molar-refractivity contribution in [1.82, 2.24) is 9.80 Å². The van der Waals surface area contributed by atoms with E-state index in [0.29, 0.717) is 43.6 Å². The predicted molar refractivity (Wildman–Crippen MR) is 146 cm³/mol. The van der Waals surface area contributed by atoms with Crippen LogP contribution in [0.1, 0.15) is 66.6 Å². The predicted octanol–water partition coefficient (Wildman–Crippen LogP) is 6.79. The minimum absolute atomic E-state index is 0.00613. The Morgan fingerprint density at radius 1 is 0.953 bits per heavy atom. The number of hydrogen-bond acceptors (Lipinski definition) is 3. The van der Waals surface area contributed by atoms with Gasteiger partial charge in [-0.25, -0.2) is 4.39 Å². The molecule has 5 nitrogen and oxygen atoms in total. The molecule has 2 aromatic rings. The average Bonchev–Trinajstić information content (AvgIpc) is 3.30. The molecule has 2 amide bonds. The van der Waals surface area contributed by atoms with Gasteiger partial charge in [0.25, 0.3) is 0 Å². The first kappa shape index (κ1) is 31.7. The highest BCUT2D eigenvalue weighted by Gasteiger charge is 2.50. The number of fused-ring (bicyclic) bond motifs is 1. The van der Waals surface area contributed by atoms with Crippen LogP contribution in [0.3, 0.4) is 0 Å². The lowest BCUT2D eigenvalue weighted by atomic mass is 9.74. The van der Waals surface area contributed by atoms with Crippen LogP contribution in [0.15, 0.2) is 42.5 Å². The summed E-state index contributed by atoms with van der Waals surface area (Å²) in [5.74, 6) is -2.05. The number of nitrogens with zero attached hydrogens (tertiary/aromatic N) is 2. The summed E-state index contributed by atoms with van der Waals surface area (Å²) >= 11 is 0. The lowest BCUT2D eigenvalue weighted by Crippen LogP contribution is -2.47. The number of piperidine rings is 2. The molecule has 13 heteroatoms. The van der Waals surface area contributed by atoms with Crippen molar-refractivity contribution in [3.8, 4) is 0 Å². The highest BCUT2D eigenvalue weighted by atomic mass is 31.0. The zero-order valence-electron chi connectivity index (χ0n) is 23.3. The molecule has 3 saturated heterocycles. The summed E-state index contributed by atoms with van der Waals surface area (Å²) in [4.78, 5) is 28.7. The topological polar surface area (TPSA) is 49.9 Å². The van der Waals surface area contributed by atoms with E-state index < -0.39 is 47.2 Å². The second-order valence-electron chi connectivity index (χ2n) is 11.7. The Hall–Kier alpha value is -2.72. The van der Waals surface area contributed by atoms with Crippen LogP contribution in [0, 0.1) is 17.7 Å². The van der Waals surface area contributed by atoms with Crippen molar-refractivity contribution < 1.29 is 45.1 Å². The molecule has 0 spiro atoms. The van der Waals surface area contributed by atoms with Crippen LogP contribution in [0.4, 0.5) is 30.7 Å². The zero-order valence-corrected chi connectivity index (χ0v) is 24.5. The zero-order chi connectivity index (χ0) is 31.3. The Bertz CT molecular complexity index is 1310. The Kier molecular flexibility index (Phi) is 8.84. The molecule has 3 aliphatic heterocycles. The molecular formula is C30H32F7N2O3P. The highest BCUT2D eigenvalue weighted by Crippen LogP contribution is 2.47. The largest absolute Gasteiger partial charge is 0.416 e. The number of carbonyl (C=O) groups is 2. The molecule has 4 unspecified atom stereocenters. The van der Waals surface area contributed by atoms with Crippen molar-refractivity contribution in [1.29, 1.82) is 0 Å². The lowest BCUT2D eigenvalue weighted by Gasteiger charge is -2.42. The van der Waals surface area contributed by atoms with Crippen molar-refractivity contribution in [3.05, 3.63) is 70.5 Å². The van der Waals surface area contributed by atoms with Gasteiger partial charge in [-0.05, 0) is 72.6 Å². The van der Waals surface area contributed by atoms with Gasteiger partial charge in [0, 0.05) is 44.9 Å². The van der Waals surface area contributed by atoms with Crippen LogP contribution < -0.4 is 0 Å². The molecule has 0 aliphatic carbocycles. The molecule has 6 atom stereocenters. The molecule has 43 heavy (non-hydrogen) atoms. The Labute approximate surface area is 246 Å². The van der Waals surface area contributed by atoms with Crippen molar-refractivity contribution >= 4 is 21.1 Å². The first-order chi connectivity index (χ1) is 20.1. The smallest absolute Gasteiger partial charge is 0.364 e. The SMILES string of the molecule is CC(=O)N1CCC(C2CC(=O)N3C[C@H](O[C@H](P)c4cc(C(F)(F)F)cc(C(F)(F)F)c4)C(c4ccc(F)cc4)C3C2)CC1. The minimum atomic E-state index is -5.01. The van der Waals surface area contributed by atoms with Crippen molar-refractivity contribution in [2.45, 2.75) is 68.9 Å². The van der Waals surface area contributed by atoms with E-state index in [2.05, 4.69) is 9.24 Å². The monoisotopic (exact) mass is 632 g/mol. The first-order valence-electron chi connectivity index (χ1n) is 14.1. The van der Waals surface area contributed by atoms with Crippen molar-refractivity contribution in [2.24, 2.45) is 11.8 Å². The molecule has 0 saturated carbocycles. The molecule has 3 fully saturated rings. The Morgan fingerprint density at radius 2 is 1.53 bits per heavy atom. The number of halogens is 7. The van der Waals surface area contributed by atoms with E-state index in [-0.39, 0.29) is 47.9 Å². The van der Waals surface area contributed by atoms with Gasteiger partial charge in [-0.3, -0.25) is 9.59 Å². The van der Waals surface area contributed by atoms with Crippen LogP contribution in [0.2, 0.25) is 0 Å². The summed E-state index contributed by atoms with van der Waals surface area (Å²) in [6.07, 6.45) is -8.35. The van der Waals surface area contributed by atoms with Crippen LogP contribution in [-0.2, 0) is 26.7 Å². The maximum atomic E-state index is 13.8. The number of benzene rings is 2. The summed E-state index contributed by atoms with van der Waals surface area (Å²) in [6, 6.07) is 6.68. The molecule has 0 aromatic heterocycles. The van der Waals surface area contributed by atoms with E-state index in [0.717, 1.165) is 12.8 Å². The Morgan fingerprint density at radius 3 is 2.07 bits per heavy atom. The second-order valence-corrected chi connectivity index (χ2v) is 12.3. The standard InChI is InChI=1S/C30H32F7N2O3P/c1-16(40)38-8-6-17(7-9-38)19-12-24-27(18-2-4-23(31)5-3-18)25(15-39(24)26(41)13-19)42-28(43)20-10-21(29(32,33)34)14-22(11-20)30(35,36)37/h2-5,10-11,14,17,19,24-25,27-28H,6-9,12-13,15,43H2,1H3/t19?,24?,25-,27?,28+/m0/s1. The quantitative estimate of drug-likeness (QED) is 0.270. The number of amides is 2. The number of rotatable bonds is 5. The fraction of sp³-hybridized carbons (Fsp3) is 0.533. The van der Waals surface area contributed by atoms with Gasteiger partial charge in [0.05, 0.1) is 23.1 Å². The van der Waals surface area contributed by atoms with E-state index >= 15 is 0 Å². The van der Waals surface area contributed by atoms with Gasteiger partial charge < -0.3 is 14.5 Å². The normalized spacial score (nSPS) is 26.0. The van der Waals surface area contributed by atoms with Crippen LogP contribution in [-0.4, -0.2) is 53.4 Å². The molecule has 3 heterocycles. The van der Waals surface area contributed by atoms with Gasteiger partial charge in [-0.1, -0.05) is 12.1 Å². The fourth-order valence-corrected chi connectivity index (χ4v) is 7.28. The third-order valence-corrected chi connectivity index (χ3v) is 9.60. The summed E-state index contributed by atoms with van der Waals surface area (Å²) in [5.41, 5.74) is -2.55. The summed E-state index contributed by atoms with van der Waals surface area (Å²) < 4.78 is 101. The number of ether oxygens (including phenoxy) is 1. The van der Waals surface area contributed by atoms with Gasteiger partial charge in [-0.15, -0.1) is 9.24 Å². The maximum Gasteiger partial charge on any atom is 0.416 e. The van der Waals surface area contributed by atoms with Gasteiger partial charge >= 0.3 is 12.4 Å². The van der Waals surface area contributed by atoms with E-state index in [1.165, 1.54) is 19.1 Å². The van der Waals surface area contributed by atoms with E-state index in [4.69, 9.17) is 4.74 Å².